The van der Waals surface area contributed by atoms with Crippen molar-refractivity contribution in [2.45, 2.75) is 51.4 Å². The predicted molar refractivity (Wildman–Crippen MR) is 103 cm³/mol. The van der Waals surface area contributed by atoms with Gasteiger partial charge in [-0.05, 0) is 57.0 Å². The van der Waals surface area contributed by atoms with Crippen LogP contribution in [0.5, 0.6) is 0 Å². The van der Waals surface area contributed by atoms with Crippen LogP contribution in [-0.4, -0.2) is 4.92 Å². The highest BCUT2D eigenvalue weighted by Crippen LogP contribution is 2.50. The van der Waals surface area contributed by atoms with E-state index in [-0.39, 0.29) is 21.4 Å². The maximum Gasteiger partial charge on any atom is 0.277 e. The third kappa shape index (κ3) is 2.25. The normalized spacial score (nSPS) is 18.2. The van der Waals surface area contributed by atoms with Gasteiger partial charge in [0, 0.05) is 6.07 Å². The molecule has 0 unspecified atom stereocenters. The van der Waals surface area contributed by atoms with Crippen molar-refractivity contribution in [1.82, 2.24) is 0 Å². The number of hydrogen-bond acceptors (Lipinski definition) is 2. The molecule has 25 heavy (non-hydrogen) atoms. The van der Waals surface area contributed by atoms with Crippen molar-refractivity contribution in [3.05, 3.63) is 63.7 Å². The third-order valence-electron chi connectivity index (χ3n) is 6.00. The average molecular weight is 333 g/mol. The maximum absolute atomic E-state index is 11.7. The van der Waals surface area contributed by atoms with Crippen LogP contribution < -0.4 is 0 Å². The molecular formula is C22H23NO2. The lowest BCUT2D eigenvalue weighted by molar-refractivity contribution is -0.382. The Bertz CT molecular complexity index is 1030. The van der Waals surface area contributed by atoms with E-state index in [4.69, 9.17) is 0 Å². The molecule has 3 nitrogen and oxygen atoms in total. The number of hydrogen-bond donors (Lipinski definition) is 0. The summed E-state index contributed by atoms with van der Waals surface area (Å²) in [5, 5.41) is 15.6. The van der Waals surface area contributed by atoms with E-state index in [1.807, 2.05) is 24.3 Å². The number of fused-ring (bicyclic) bond motifs is 5. The minimum Gasteiger partial charge on any atom is -0.258 e. The van der Waals surface area contributed by atoms with E-state index in [1.54, 1.807) is 6.07 Å². The first-order chi connectivity index (χ1) is 11.7. The van der Waals surface area contributed by atoms with Gasteiger partial charge in [0.15, 0.2) is 0 Å². The summed E-state index contributed by atoms with van der Waals surface area (Å²) in [5.41, 5.74) is 2.94. The second-order valence-electron chi connectivity index (χ2n) is 8.55. The molecule has 0 atom stereocenters. The quantitative estimate of drug-likeness (QED) is 0.300. The molecule has 128 valence electrons. The standard InChI is InChI=1S/C22H23NO2/c1-21(2)11-12-22(3,4)20-17-13-19(23(24)25)16-8-6-5-7-14(16)15(17)9-10-18(20)21/h5-10,13H,11-12H2,1-4H3. The average Bonchev–Trinajstić information content (AvgIpc) is 2.57. The van der Waals surface area contributed by atoms with Crippen molar-refractivity contribution < 1.29 is 4.92 Å². The van der Waals surface area contributed by atoms with Crippen LogP contribution in [0.1, 0.15) is 51.7 Å². The Morgan fingerprint density at radius 2 is 1.44 bits per heavy atom. The van der Waals surface area contributed by atoms with Crippen molar-refractivity contribution in [3.8, 4) is 0 Å². The summed E-state index contributed by atoms with van der Waals surface area (Å²) >= 11 is 0. The molecule has 0 bridgehead atoms. The summed E-state index contributed by atoms with van der Waals surface area (Å²) in [6.45, 7) is 9.09. The minimum atomic E-state index is -0.248. The lowest BCUT2D eigenvalue weighted by atomic mass is 9.62. The summed E-state index contributed by atoms with van der Waals surface area (Å²) in [4.78, 5) is 11.5. The first-order valence-electron chi connectivity index (χ1n) is 8.86. The van der Waals surface area contributed by atoms with Gasteiger partial charge < -0.3 is 0 Å². The van der Waals surface area contributed by atoms with E-state index >= 15 is 0 Å². The number of nitro groups is 1. The van der Waals surface area contributed by atoms with Gasteiger partial charge in [-0.25, -0.2) is 0 Å². The van der Waals surface area contributed by atoms with E-state index < -0.39 is 0 Å². The first-order valence-corrected chi connectivity index (χ1v) is 8.86. The molecule has 3 heteroatoms. The lowest BCUT2D eigenvalue weighted by Gasteiger charge is -2.42. The smallest absolute Gasteiger partial charge is 0.258 e. The molecule has 0 amide bonds. The highest BCUT2D eigenvalue weighted by molar-refractivity contribution is 6.13. The molecule has 0 heterocycles. The molecule has 0 saturated heterocycles. The molecule has 0 fully saturated rings. The van der Waals surface area contributed by atoms with Gasteiger partial charge in [-0.2, -0.15) is 0 Å². The van der Waals surface area contributed by atoms with Crippen LogP contribution in [0.2, 0.25) is 0 Å². The molecule has 3 aromatic carbocycles. The first kappa shape index (κ1) is 16.1. The molecule has 0 radical (unpaired) electrons. The van der Waals surface area contributed by atoms with Crippen LogP contribution in [0.3, 0.4) is 0 Å². The SMILES string of the molecule is CC1(C)CCC(C)(C)c2c1ccc1c2cc([N+](=O)[O-])c2ccccc21. The Morgan fingerprint density at radius 3 is 2.12 bits per heavy atom. The van der Waals surface area contributed by atoms with Gasteiger partial charge in [-0.1, -0.05) is 58.0 Å². The van der Waals surface area contributed by atoms with Gasteiger partial charge in [0.2, 0.25) is 0 Å². The van der Waals surface area contributed by atoms with Crippen LogP contribution in [0.25, 0.3) is 21.5 Å². The summed E-state index contributed by atoms with van der Waals surface area (Å²) in [5.74, 6) is 0. The second kappa shape index (κ2) is 5.04. The fourth-order valence-electron chi connectivity index (χ4n) is 4.49. The third-order valence-corrected chi connectivity index (χ3v) is 6.00. The van der Waals surface area contributed by atoms with Gasteiger partial charge in [-0.3, -0.25) is 10.1 Å². The molecule has 3 aromatic rings. The molecule has 0 aliphatic heterocycles. The number of nitrogens with zero attached hydrogens (tertiary/aromatic N) is 1. The highest BCUT2D eigenvalue weighted by Gasteiger charge is 2.38. The Kier molecular flexibility index (Phi) is 3.24. The van der Waals surface area contributed by atoms with Gasteiger partial charge in [0.1, 0.15) is 0 Å². The molecule has 0 saturated carbocycles. The minimum absolute atomic E-state index is 0.0146. The topological polar surface area (TPSA) is 43.1 Å². The highest BCUT2D eigenvalue weighted by atomic mass is 16.6. The van der Waals surface area contributed by atoms with E-state index in [1.165, 1.54) is 11.1 Å². The van der Waals surface area contributed by atoms with Gasteiger partial charge in [0.25, 0.3) is 5.69 Å². The summed E-state index contributed by atoms with van der Waals surface area (Å²) in [7, 11) is 0. The number of nitro benzene ring substituents is 1. The van der Waals surface area contributed by atoms with Gasteiger partial charge >= 0.3 is 0 Å². The van der Waals surface area contributed by atoms with E-state index in [9.17, 15) is 10.1 Å². The Morgan fingerprint density at radius 1 is 0.840 bits per heavy atom. The monoisotopic (exact) mass is 333 g/mol. The van der Waals surface area contributed by atoms with Crippen LogP contribution >= 0.6 is 0 Å². The maximum atomic E-state index is 11.7. The largest absolute Gasteiger partial charge is 0.277 e. The Hall–Kier alpha value is -2.42. The number of rotatable bonds is 1. The fraction of sp³-hybridized carbons (Fsp3) is 0.364. The Labute approximate surface area is 147 Å². The molecule has 4 rings (SSSR count). The lowest BCUT2D eigenvalue weighted by Crippen LogP contribution is -2.34. The van der Waals surface area contributed by atoms with Crippen LogP contribution in [-0.2, 0) is 10.8 Å². The van der Waals surface area contributed by atoms with Crippen molar-refractivity contribution in [2.24, 2.45) is 0 Å². The zero-order chi connectivity index (χ0) is 18.0. The molecule has 0 N–H and O–H groups in total. The Balaban J connectivity index is 2.24. The summed E-state index contributed by atoms with van der Waals surface area (Å²) < 4.78 is 0. The zero-order valence-corrected chi connectivity index (χ0v) is 15.2. The predicted octanol–water partition coefficient (Wildman–Crippen LogP) is 6.25. The van der Waals surface area contributed by atoms with Crippen molar-refractivity contribution in [2.75, 3.05) is 0 Å². The fourth-order valence-corrected chi connectivity index (χ4v) is 4.49. The van der Waals surface area contributed by atoms with E-state index in [0.29, 0.717) is 5.39 Å². The van der Waals surface area contributed by atoms with Crippen molar-refractivity contribution in [1.29, 1.82) is 0 Å². The van der Waals surface area contributed by atoms with Crippen molar-refractivity contribution >= 4 is 27.2 Å². The number of benzene rings is 3. The van der Waals surface area contributed by atoms with Gasteiger partial charge in [-0.15, -0.1) is 0 Å². The van der Waals surface area contributed by atoms with Crippen LogP contribution in [0, 0.1) is 10.1 Å². The van der Waals surface area contributed by atoms with Crippen LogP contribution in [0.4, 0.5) is 5.69 Å². The van der Waals surface area contributed by atoms with E-state index in [2.05, 4.69) is 39.8 Å². The van der Waals surface area contributed by atoms with Gasteiger partial charge in [0.05, 0.1) is 10.3 Å². The molecule has 0 aromatic heterocycles. The van der Waals surface area contributed by atoms with Crippen molar-refractivity contribution in [3.63, 3.8) is 0 Å². The molecule has 0 spiro atoms. The summed E-state index contributed by atoms with van der Waals surface area (Å²) in [6.07, 6.45) is 2.22. The van der Waals surface area contributed by atoms with E-state index in [0.717, 1.165) is 29.0 Å². The molecular weight excluding hydrogens is 310 g/mol. The number of non-ortho nitro benzene ring substituents is 1. The molecule has 1 aliphatic rings. The van der Waals surface area contributed by atoms with Crippen LogP contribution in [0.15, 0.2) is 42.5 Å². The summed E-state index contributed by atoms with van der Waals surface area (Å²) in [6, 6.07) is 13.9. The molecule has 1 aliphatic carbocycles. The second-order valence-corrected chi connectivity index (χ2v) is 8.55. The zero-order valence-electron chi connectivity index (χ0n) is 15.2.